The molecule has 4 heteroatoms. The van der Waals surface area contributed by atoms with Crippen molar-refractivity contribution in [2.24, 2.45) is 23.7 Å². The van der Waals surface area contributed by atoms with Gasteiger partial charge in [-0.2, -0.15) is 0 Å². The van der Waals surface area contributed by atoms with Gasteiger partial charge in [0.1, 0.15) is 23.0 Å². The molecule has 1 aromatic carbocycles. The first-order chi connectivity index (χ1) is 15.9. The number of carboxylic acids is 1. The minimum absolute atomic E-state index is 0.260. The number of aliphatic carboxylic acids is 1. The van der Waals surface area contributed by atoms with Crippen molar-refractivity contribution in [2.75, 3.05) is 0 Å². The average Bonchev–Trinajstić information content (AvgIpc) is 2.75. The number of hydrogen-bond acceptors (Lipinski definition) is 3. The maximum atomic E-state index is 12.2. The predicted molar refractivity (Wildman–Crippen MR) is 141 cm³/mol. The van der Waals surface area contributed by atoms with E-state index in [0.29, 0.717) is 12.3 Å². The van der Waals surface area contributed by atoms with Crippen molar-refractivity contribution in [3.63, 3.8) is 0 Å². The smallest absolute Gasteiger partial charge is 0.310 e. The van der Waals surface area contributed by atoms with Crippen LogP contribution >= 0.6 is 0 Å². The monoisotopic (exact) mass is 474 g/mol. The summed E-state index contributed by atoms with van der Waals surface area (Å²) in [6.07, 6.45) is 11.1. The zero-order chi connectivity index (χ0) is 25.6. The summed E-state index contributed by atoms with van der Waals surface area (Å²) in [6.45, 7) is 17.0. The summed E-state index contributed by atoms with van der Waals surface area (Å²) in [5.74, 6) is 1.88. The van der Waals surface area contributed by atoms with Gasteiger partial charge in [-0.05, 0) is 81.4 Å². The lowest BCUT2D eigenvalue weighted by Gasteiger charge is -2.42. The Morgan fingerprint density at radius 1 is 0.912 bits per heavy atom. The highest BCUT2D eigenvalue weighted by Gasteiger charge is 2.46. The lowest BCUT2D eigenvalue weighted by molar-refractivity contribution is -0.151. The molecule has 4 nitrogen and oxygen atoms in total. The Hall–Kier alpha value is -1.71. The lowest BCUT2D eigenvalue weighted by atomic mass is 9.76. The van der Waals surface area contributed by atoms with E-state index in [1.807, 2.05) is 27.7 Å². The average molecular weight is 475 g/mol. The number of carboxylic acid groups (broad SMARTS) is 1. The maximum absolute atomic E-state index is 12.2. The van der Waals surface area contributed by atoms with E-state index in [9.17, 15) is 15.0 Å². The molecule has 1 aliphatic heterocycles. The third-order valence-electron chi connectivity index (χ3n) is 8.36. The van der Waals surface area contributed by atoms with E-state index >= 15 is 0 Å². The number of hydrogen-bond donors (Lipinski definition) is 2. The highest BCUT2D eigenvalue weighted by molar-refractivity contribution is 5.74. The van der Waals surface area contributed by atoms with E-state index in [0.717, 1.165) is 59.1 Å². The summed E-state index contributed by atoms with van der Waals surface area (Å²) in [6, 6.07) is 0. The van der Waals surface area contributed by atoms with Crippen molar-refractivity contribution in [1.82, 2.24) is 0 Å². The predicted octanol–water partition coefficient (Wildman–Crippen LogP) is 8.15. The second-order valence-corrected chi connectivity index (χ2v) is 11.9. The van der Waals surface area contributed by atoms with Crippen molar-refractivity contribution < 1.29 is 19.7 Å². The van der Waals surface area contributed by atoms with Gasteiger partial charge in [-0.3, -0.25) is 4.79 Å². The van der Waals surface area contributed by atoms with Gasteiger partial charge in [0.2, 0.25) is 0 Å². The van der Waals surface area contributed by atoms with Gasteiger partial charge in [0, 0.05) is 5.56 Å². The number of phenolic OH excluding ortho intramolecular Hbond substituents is 1. The fraction of sp³-hybridized carbons (Fsp3) is 0.767. The molecule has 0 saturated heterocycles. The molecule has 1 unspecified atom stereocenters. The van der Waals surface area contributed by atoms with Gasteiger partial charge in [0.05, 0.1) is 0 Å². The standard InChI is InChI=1S/C30H50O4/c1-19(2)12-9-13-20(3)14-10-15-21(4)16-11-17-30(8)26(29(32)33)18-25-24(7)27(31)22(5)23(6)28(25)34-30/h19-21,26,31H,9-18H2,1-8H3,(H,32,33)/t20-,21+,26?,30-/m0/s1. The molecule has 0 aliphatic carbocycles. The van der Waals surface area contributed by atoms with Crippen LogP contribution in [-0.2, 0) is 11.2 Å². The molecule has 34 heavy (non-hydrogen) atoms. The zero-order valence-corrected chi connectivity index (χ0v) is 23.1. The molecule has 0 aromatic heterocycles. The van der Waals surface area contributed by atoms with Crippen LogP contribution < -0.4 is 4.74 Å². The minimum atomic E-state index is -0.815. The van der Waals surface area contributed by atoms with E-state index in [1.54, 1.807) is 0 Å². The summed E-state index contributed by atoms with van der Waals surface area (Å²) in [5, 5.41) is 20.5. The molecule has 1 heterocycles. The molecule has 0 radical (unpaired) electrons. The van der Waals surface area contributed by atoms with E-state index in [-0.39, 0.29) is 5.75 Å². The fourth-order valence-electron chi connectivity index (χ4n) is 5.63. The molecular formula is C30H50O4. The molecule has 0 bridgehead atoms. The molecule has 0 saturated carbocycles. The minimum Gasteiger partial charge on any atom is -0.507 e. The van der Waals surface area contributed by atoms with Crippen molar-refractivity contribution in [2.45, 2.75) is 125 Å². The van der Waals surface area contributed by atoms with Crippen LogP contribution in [0, 0.1) is 44.4 Å². The first-order valence-electron chi connectivity index (χ1n) is 13.6. The third kappa shape index (κ3) is 7.15. The maximum Gasteiger partial charge on any atom is 0.310 e. The van der Waals surface area contributed by atoms with Crippen LogP contribution in [0.2, 0.25) is 0 Å². The van der Waals surface area contributed by atoms with Gasteiger partial charge >= 0.3 is 5.97 Å². The SMILES string of the molecule is Cc1c(C)c2c(c(C)c1O)CC(C(=O)O)[C@](C)(CCC[C@H](C)CCC[C@@H](C)CCCC(C)C)O2. The first kappa shape index (κ1) is 28.5. The highest BCUT2D eigenvalue weighted by Crippen LogP contribution is 2.46. The van der Waals surface area contributed by atoms with Gasteiger partial charge in [0.15, 0.2) is 0 Å². The van der Waals surface area contributed by atoms with Gasteiger partial charge in [-0.15, -0.1) is 0 Å². The van der Waals surface area contributed by atoms with E-state index in [4.69, 9.17) is 4.74 Å². The van der Waals surface area contributed by atoms with Crippen LogP contribution in [-0.4, -0.2) is 21.8 Å². The van der Waals surface area contributed by atoms with Gasteiger partial charge in [0.25, 0.3) is 0 Å². The zero-order valence-electron chi connectivity index (χ0n) is 23.1. The van der Waals surface area contributed by atoms with Crippen LogP contribution in [0.1, 0.15) is 115 Å². The molecule has 0 spiro atoms. The second kappa shape index (κ2) is 12.3. The quantitative estimate of drug-likeness (QED) is 0.303. The number of benzene rings is 1. The normalized spacial score (nSPS) is 21.7. The number of aromatic hydroxyl groups is 1. The highest BCUT2D eigenvalue weighted by atomic mass is 16.5. The summed E-state index contributed by atoms with van der Waals surface area (Å²) >= 11 is 0. The first-order valence-corrected chi connectivity index (χ1v) is 13.6. The Bertz CT molecular complexity index is 828. The molecule has 1 aliphatic rings. The van der Waals surface area contributed by atoms with Gasteiger partial charge in [-0.25, -0.2) is 0 Å². The summed E-state index contributed by atoms with van der Waals surface area (Å²) in [4.78, 5) is 12.2. The molecule has 4 atom stereocenters. The number of rotatable bonds is 13. The Morgan fingerprint density at radius 3 is 1.97 bits per heavy atom. The van der Waals surface area contributed by atoms with Crippen molar-refractivity contribution in [3.05, 3.63) is 22.3 Å². The van der Waals surface area contributed by atoms with Crippen molar-refractivity contribution >= 4 is 5.97 Å². The molecule has 0 fully saturated rings. The van der Waals surface area contributed by atoms with Crippen LogP contribution in [0.3, 0.4) is 0 Å². The molecule has 0 amide bonds. The van der Waals surface area contributed by atoms with Gasteiger partial charge < -0.3 is 14.9 Å². The van der Waals surface area contributed by atoms with E-state index < -0.39 is 17.5 Å². The number of fused-ring (bicyclic) bond motifs is 1. The van der Waals surface area contributed by atoms with Crippen LogP contribution in [0.15, 0.2) is 0 Å². The molecule has 2 rings (SSSR count). The third-order valence-corrected chi connectivity index (χ3v) is 8.36. The topological polar surface area (TPSA) is 66.8 Å². The summed E-state index contributed by atoms with van der Waals surface area (Å²) < 4.78 is 6.50. The number of phenols is 1. The molecule has 1 aromatic rings. The second-order valence-electron chi connectivity index (χ2n) is 11.9. The Morgan fingerprint density at radius 2 is 1.44 bits per heavy atom. The van der Waals surface area contributed by atoms with Crippen LogP contribution in [0.5, 0.6) is 11.5 Å². The van der Waals surface area contributed by atoms with Crippen LogP contribution in [0.25, 0.3) is 0 Å². The van der Waals surface area contributed by atoms with Crippen molar-refractivity contribution in [1.29, 1.82) is 0 Å². The Labute approximate surface area is 208 Å². The van der Waals surface area contributed by atoms with Crippen LogP contribution in [0.4, 0.5) is 0 Å². The lowest BCUT2D eigenvalue weighted by Crippen LogP contribution is -2.49. The summed E-state index contributed by atoms with van der Waals surface area (Å²) in [5.41, 5.74) is 2.60. The van der Waals surface area contributed by atoms with E-state index in [1.165, 1.54) is 38.5 Å². The number of ether oxygens (including phenoxy) is 1. The molecule has 2 N–H and O–H groups in total. The largest absolute Gasteiger partial charge is 0.507 e. The molecular weight excluding hydrogens is 424 g/mol. The van der Waals surface area contributed by atoms with Crippen molar-refractivity contribution in [3.8, 4) is 11.5 Å². The number of carbonyl (C=O) groups is 1. The van der Waals surface area contributed by atoms with E-state index in [2.05, 4.69) is 27.7 Å². The Kier molecular flexibility index (Phi) is 10.3. The van der Waals surface area contributed by atoms with Gasteiger partial charge in [-0.1, -0.05) is 72.6 Å². The Balaban J connectivity index is 1.91. The fourth-order valence-corrected chi connectivity index (χ4v) is 5.63. The summed E-state index contributed by atoms with van der Waals surface area (Å²) in [7, 11) is 0. The molecule has 194 valence electrons.